The summed E-state index contributed by atoms with van der Waals surface area (Å²) in [4.78, 5) is 0.180. The van der Waals surface area contributed by atoms with Gasteiger partial charge in [-0.2, -0.15) is 0 Å². The largest absolute Gasteiger partial charge is 0.398 e. The van der Waals surface area contributed by atoms with E-state index in [1.165, 1.54) is 12.8 Å². The zero-order valence-electron chi connectivity index (χ0n) is 12.0. The highest BCUT2D eigenvalue weighted by Crippen LogP contribution is 2.28. The Labute approximate surface area is 120 Å². The molecule has 0 bridgehead atoms. The summed E-state index contributed by atoms with van der Waals surface area (Å²) >= 11 is 0. The molecule has 2 rings (SSSR count). The second-order valence-electron chi connectivity index (χ2n) is 5.34. The van der Waals surface area contributed by atoms with Crippen LogP contribution >= 0.6 is 0 Å². The van der Waals surface area contributed by atoms with Gasteiger partial charge in [-0.15, -0.1) is 0 Å². The molecule has 0 unspecified atom stereocenters. The molecule has 0 atom stereocenters. The van der Waals surface area contributed by atoms with Crippen LogP contribution in [0.1, 0.15) is 24.0 Å². The van der Waals surface area contributed by atoms with Crippen LogP contribution < -0.4 is 10.5 Å². The third-order valence-electron chi connectivity index (χ3n) is 3.56. The lowest BCUT2D eigenvalue weighted by Gasteiger charge is -2.13. The van der Waals surface area contributed by atoms with Gasteiger partial charge in [-0.1, -0.05) is 6.07 Å². The molecule has 3 N–H and O–H groups in total. The van der Waals surface area contributed by atoms with Crippen molar-refractivity contribution in [2.45, 2.75) is 31.6 Å². The van der Waals surface area contributed by atoms with E-state index in [0.29, 0.717) is 18.1 Å². The molecular formula is C14H22N2O3S. The Balaban J connectivity index is 1.96. The lowest BCUT2D eigenvalue weighted by molar-refractivity contribution is 0.129. The van der Waals surface area contributed by atoms with E-state index in [2.05, 4.69) is 4.72 Å². The zero-order chi connectivity index (χ0) is 14.8. The Morgan fingerprint density at radius 1 is 1.35 bits per heavy atom. The zero-order valence-corrected chi connectivity index (χ0v) is 12.8. The fourth-order valence-corrected chi connectivity index (χ4v) is 3.46. The molecule has 0 aromatic heterocycles. The summed E-state index contributed by atoms with van der Waals surface area (Å²) in [5.74, 6) is 0.682. The Morgan fingerprint density at radius 3 is 2.70 bits per heavy atom. The lowest BCUT2D eigenvalue weighted by Crippen LogP contribution is -2.29. The molecule has 112 valence electrons. The molecule has 0 spiro atoms. The predicted octanol–water partition coefficient (Wildman–Crippen LogP) is 1.59. The molecule has 0 amide bonds. The summed E-state index contributed by atoms with van der Waals surface area (Å²) in [6.07, 6.45) is 2.45. The predicted molar refractivity (Wildman–Crippen MR) is 79.1 cm³/mol. The van der Waals surface area contributed by atoms with Crippen LogP contribution in [0.4, 0.5) is 5.69 Å². The van der Waals surface area contributed by atoms with E-state index in [4.69, 9.17) is 10.5 Å². The fourth-order valence-electron chi connectivity index (χ4n) is 2.02. The van der Waals surface area contributed by atoms with Gasteiger partial charge in [-0.3, -0.25) is 0 Å². The van der Waals surface area contributed by atoms with Crippen LogP contribution in [-0.4, -0.2) is 28.2 Å². The van der Waals surface area contributed by atoms with Gasteiger partial charge in [0.05, 0.1) is 12.3 Å². The Kier molecular flexibility index (Phi) is 4.67. The number of anilines is 1. The van der Waals surface area contributed by atoms with Crippen LogP contribution in [0.3, 0.4) is 0 Å². The van der Waals surface area contributed by atoms with Crippen LogP contribution in [0.2, 0.25) is 0 Å². The number of nitrogens with two attached hydrogens (primary N) is 1. The molecule has 0 radical (unpaired) electrons. The monoisotopic (exact) mass is 298 g/mol. The fraction of sp³-hybridized carbons (Fsp3) is 0.571. The smallest absolute Gasteiger partial charge is 0.242 e. The maximum atomic E-state index is 12.3. The van der Waals surface area contributed by atoms with E-state index in [1.807, 2.05) is 13.0 Å². The SMILES string of the molecule is Cc1ccc(N)c(S(=O)(=O)NCCOCC2CC2)c1C. The first-order valence-corrected chi connectivity index (χ1v) is 8.33. The van der Waals surface area contributed by atoms with Gasteiger partial charge in [0.2, 0.25) is 10.0 Å². The quantitative estimate of drug-likeness (QED) is 0.591. The molecule has 20 heavy (non-hydrogen) atoms. The highest BCUT2D eigenvalue weighted by Gasteiger charge is 2.22. The van der Waals surface area contributed by atoms with Gasteiger partial charge in [0.25, 0.3) is 0 Å². The average molecular weight is 298 g/mol. The second kappa shape index (κ2) is 6.11. The summed E-state index contributed by atoms with van der Waals surface area (Å²) in [7, 11) is -3.58. The van der Waals surface area contributed by atoms with Gasteiger partial charge >= 0.3 is 0 Å². The summed E-state index contributed by atoms with van der Waals surface area (Å²) < 4.78 is 32.5. The molecule has 1 saturated carbocycles. The van der Waals surface area contributed by atoms with Crippen LogP contribution in [0.5, 0.6) is 0 Å². The maximum absolute atomic E-state index is 12.3. The molecule has 0 heterocycles. The van der Waals surface area contributed by atoms with Crippen LogP contribution in [0.25, 0.3) is 0 Å². The van der Waals surface area contributed by atoms with E-state index in [1.54, 1.807) is 13.0 Å². The average Bonchev–Trinajstić information content (AvgIpc) is 3.17. The number of nitrogen functional groups attached to an aromatic ring is 1. The molecule has 0 aliphatic heterocycles. The van der Waals surface area contributed by atoms with Crippen LogP contribution in [0, 0.1) is 19.8 Å². The second-order valence-corrected chi connectivity index (χ2v) is 7.05. The highest BCUT2D eigenvalue weighted by molar-refractivity contribution is 7.89. The molecule has 0 saturated heterocycles. The summed E-state index contributed by atoms with van der Waals surface area (Å²) in [6, 6.07) is 3.45. The number of rotatable bonds is 7. The number of sulfonamides is 1. The van der Waals surface area contributed by atoms with Gasteiger partial charge in [0.1, 0.15) is 4.90 Å². The number of ether oxygens (including phenoxy) is 1. The van der Waals surface area contributed by atoms with E-state index in [0.717, 1.165) is 12.2 Å². The minimum Gasteiger partial charge on any atom is -0.398 e. The van der Waals surface area contributed by atoms with Crippen molar-refractivity contribution in [1.82, 2.24) is 4.72 Å². The molecule has 6 heteroatoms. The molecule has 1 aliphatic carbocycles. The highest BCUT2D eigenvalue weighted by atomic mass is 32.2. The van der Waals surface area contributed by atoms with E-state index in [-0.39, 0.29) is 17.1 Å². The number of hydrogen-bond acceptors (Lipinski definition) is 4. The third-order valence-corrected chi connectivity index (χ3v) is 5.23. The van der Waals surface area contributed by atoms with Gasteiger partial charge in [0.15, 0.2) is 0 Å². The first-order valence-electron chi connectivity index (χ1n) is 6.85. The summed E-state index contributed by atoms with van der Waals surface area (Å²) in [5.41, 5.74) is 7.68. The number of nitrogens with one attached hydrogen (secondary N) is 1. The van der Waals surface area contributed by atoms with Crippen LogP contribution in [-0.2, 0) is 14.8 Å². The van der Waals surface area contributed by atoms with Gasteiger partial charge in [-0.05, 0) is 49.8 Å². The minimum absolute atomic E-state index is 0.180. The normalized spacial score (nSPS) is 15.5. The summed E-state index contributed by atoms with van der Waals surface area (Å²) in [6.45, 7) is 5.02. The topological polar surface area (TPSA) is 81.4 Å². The lowest BCUT2D eigenvalue weighted by atomic mass is 10.1. The van der Waals surface area contributed by atoms with Crippen molar-refractivity contribution in [2.24, 2.45) is 5.92 Å². The molecule has 1 fully saturated rings. The van der Waals surface area contributed by atoms with Crippen molar-refractivity contribution < 1.29 is 13.2 Å². The molecular weight excluding hydrogens is 276 g/mol. The van der Waals surface area contributed by atoms with Crippen molar-refractivity contribution in [3.05, 3.63) is 23.3 Å². The number of hydrogen-bond donors (Lipinski definition) is 2. The van der Waals surface area contributed by atoms with Gasteiger partial charge < -0.3 is 10.5 Å². The van der Waals surface area contributed by atoms with Gasteiger partial charge in [0, 0.05) is 13.2 Å². The number of aryl methyl sites for hydroxylation is 1. The van der Waals surface area contributed by atoms with Crippen molar-refractivity contribution in [3.8, 4) is 0 Å². The first kappa shape index (κ1) is 15.3. The van der Waals surface area contributed by atoms with E-state index < -0.39 is 10.0 Å². The minimum atomic E-state index is -3.58. The Bertz CT molecular complexity index is 580. The maximum Gasteiger partial charge on any atom is 0.242 e. The van der Waals surface area contributed by atoms with Crippen molar-refractivity contribution in [1.29, 1.82) is 0 Å². The first-order chi connectivity index (χ1) is 9.42. The third kappa shape index (κ3) is 3.71. The molecule has 5 nitrogen and oxygen atoms in total. The van der Waals surface area contributed by atoms with E-state index >= 15 is 0 Å². The Morgan fingerprint density at radius 2 is 2.05 bits per heavy atom. The van der Waals surface area contributed by atoms with Crippen molar-refractivity contribution in [2.75, 3.05) is 25.5 Å². The molecule has 1 aromatic rings. The van der Waals surface area contributed by atoms with Crippen molar-refractivity contribution >= 4 is 15.7 Å². The molecule has 1 aromatic carbocycles. The Hall–Kier alpha value is -1.11. The van der Waals surface area contributed by atoms with Gasteiger partial charge in [-0.25, -0.2) is 13.1 Å². The molecule has 1 aliphatic rings. The van der Waals surface area contributed by atoms with E-state index in [9.17, 15) is 8.42 Å². The van der Waals surface area contributed by atoms with Crippen molar-refractivity contribution in [3.63, 3.8) is 0 Å². The standard InChI is InChI=1S/C14H22N2O3S/c1-10-3-6-13(15)14(11(10)2)20(17,18)16-7-8-19-9-12-4-5-12/h3,6,12,16H,4-5,7-9,15H2,1-2H3. The van der Waals surface area contributed by atoms with Crippen LogP contribution in [0.15, 0.2) is 17.0 Å². The number of benzene rings is 1. The summed E-state index contributed by atoms with van der Waals surface area (Å²) in [5, 5.41) is 0.